The van der Waals surface area contributed by atoms with Gasteiger partial charge in [-0.25, -0.2) is 4.98 Å². The van der Waals surface area contributed by atoms with Crippen molar-refractivity contribution in [1.82, 2.24) is 9.97 Å². The van der Waals surface area contributed by atoms with Crippen molar-refractivity contribution in [3.05, 3.63) is 35.7 Å². The Bertz CT molecular complexity index is 654. The molecule has 1 heterocycles. The quantitative estimate of drug-likeness (QED) is 0.911. The standard InChI is InChI=1S/C16H19N3O2/c1-10-4-7-12(13(8-10)20-3)21-15-9-14(17-2)18-16(19-15)11-5-6-11/h4,7-9,11H,5-6H2,1-3H3,(H,17,18,19). The Morgan fingerprint density at radius 3 is 2.62 bits per heavy atom. The minimum absolute atomic E-state index is 0.473. The van der Waals surface area contributed by atoms with Gasteiger partial charge < -0.3 is 14.8 Å². The van der Waals surface area contributed by atoms with E-state index >= 15 is 0 Å². The van der Waals surface area contributed by atoms with Gasteiger partial charge in [0.15, 0.2) is 11.5 Å². The number of rotatable bonds is 5. The maximum Gasteiger partial charge on any atom is 0.224 e. The van der Waals surface area contributed by atoms with Crippen molar-refractivity contribution in [3.8, 4) is 17.4 Å². The summed E-state index contributed by atoms with van der Waals surface area (Å²) in [5.74, 6) is 3.99. The molecule has 1 saturated carbocycles. The van der Waals surface area contributed by atoms with Crippen molar-refractivity contribution in [3.63, 3.8) is 0 Å². The minimum Gasteiger partial charge on any atom is -0.493 e. The zero-order valence-corrected chi connectivity index (χ0v) is 12.5. The number of hydrogen-bond donors (Lipinski definition) is 1. The first kappa shape index (κ1) is 13.7. The van der Waals surface area contributed by atoms with Gasteiger partial charge in [0.1, 0.15) is 11.6 Å². The third-order valence-electron chi connectivity index (χ3n) is 3.45. The summed E-state index contributed by atoms with van der Waals surface area (Å²) in [6, 6.07) is 7.62. The smallest absolute Gasteiger partial charge is 0.224 e. The van der Waals surface area contributed by atoms with Crippen molar-refractivity contribution >= 4 is 5.82 Å². The number of nitrogens with zero attached hydrogens (tertiary/aromatic N) is 2. The fourth-order valence-corrected chi connectivity index (χ4v) is 2.12. The minimum atomic E-state index is 0.473. The second-order valence-electron chi connectivity index (χ2n) is 5.23. The van der Waals surface area contributed by atoms with Crippen molar-refractivity contribution in [1.29, 1.82) is 0 Å². The summed E-state index contributed by atoms with van der Waals surface area (Å²) in [6.45, 7) is 2.02. The number of ether oxygens (including phenoxy) is 2. The fourth-order valence-electron chi connectivity index (χ4n) is 2.12. The highest BCUT2D eigenvalue weighted by Gasteiger charge is 2.27. The van der Waals surface area contributed by atoms with Crippen LogP contribution in [0.25, 0.3) is 0 Å². The molecular formula is C16H19N3O2. The summed E-state index contributed by atoms with van der Waals surface area (Å²) in [5, 5.41) is 3.05. The van der Waals surface area contributed by atoms with Gasteiger partial charge in [-0.3, -0.25) is 0 Å². The molecule has 1 aromatic heterocycles. The highest BCUT2D eigenvalue weighted by atomic mass is 16.5. The molecule has 1 N–H and O–H groups in total. The van der Waals surface area contributed by atoms with Crippen LogP contribution in [0.4, 0.5) is 5.82 Å². The van der Waals surface area contributed by atoms with E-state index in [1.165, 1.54) is 0 Å². The van der Waals surface area contributed by atoms with E-state index in [0.29, 0.717) is 23.3 Å². The van der Waals surface area contributed by atoms with Crippen LogP contribution in [-0.2, 0) is 0 Å². The highest BCUT2D eigenvalue weighted by molar-refractivity contribution is 5.46. The summed E-state index contributed by atoms with van der Waals surface area (Å²) in [7, 11) is 3.48. The number of hydrogen-bond acceptors (Lipinski definition) is 5. The number of aromatic nitrogens is 2. The van der Waals surface area contributed by atoms with Gasteiger partial charge in [-0.1, -0.05) is 6.07 Å². The summed E-state index contributed by atoms with van der Waals surface area (Å²) >= 11 is 0. The summed E-state index contributed by atoms with van der Waals surface area (Å²) in [6.07, 6.45) is 2.31. The average Bonchev–Trinajstić information content (AvgIpc) is 3.33. The van der Waals surface area contributed by atoms with Crippen LogP contribution in [0, 0.1) is 6.92 Å². The highest BCUT2D eigenvalue weighted by Crippen LogP contribution is 2.40. The van der Waals surface area contributed by atoms with Gasteiger partial charge in [0.25, 0.3) is 0 Å². The number of benzene rings is 1. The van der Waals surface area contributed by atoms with E-state index < -0.39 is 0 Å². The molecule has 2 aromatic rings. The van der Waals surface area contributed by atoms with Gasteiger partial charge in [-0.15, -0.1) is 0 Å². The molecular weight excluding hydrogens is 266 g/mol. The van der Waals surface area contributed by atoms with Crippen molar-refractivity contribution in [2.45, 2.75) is 25.7 Å². The number of nitrogens with one attached hydrogen (secondary N) is 1. The van der Waals surface area contributed by atoms with Gasteiger partial charge in [0, 0.05) is 19.0 Å². The van der Waals surface area contributed by atoms with Crippen molar-refractivity contribution in [2.24, 2.45) is 0 Å². The maximum atomic E-state index is 5.90. The molecule has 5 heteroatoms. The van der Waals surface area contributed by atoms with Crippen LogP contribution in [0.15, 0.2) is 24.3 Å². The van der Waals surface area contributed by atoms with E-state index in [2.05, 4.69) is 15.3 Å². The van der Waals surface area contributed by atoms with Crippen LogP contribution in [0.2, 0.25) is 0 Å². The van der Waals surface area contributed by atoms with Gasteiger partial charge in [0.05, 0.1) is 7.11 Å². The van der Waals surface area contributed by atoms with Crippen LogP contribution in [-0.4, -0.2) is 24.1 Å². The molecule has 110 valence electrons. The lowest BCUT2D eigenvalue weighted by molar-refractivity contribution is 0.373. The van der Waals surface area contributed by atoms with E-state index in [-0.39, 0.29) is 0 Å². The van der Waals surface area contributed by atoms with E-state index in [4.69, 9.17) is 9.47 Å². The molecule has 21 heavy (non-hydrogen) atoms. The van der Waals surface area contributed by atoms with E-state index in [0.717, 1.165) is 30.0 Å². The lowest BCUT2D eigenvalue weighted by atomic mass is 10.2. The topological polar surface area (TPSA) is 56.3 Å². The molecule has 3 rings (SSSR count). The van der Waals surface area contributed by atoms with Crippen LogP contribution in [0.3, 0.4) is 0 Å². The fraction of sp³-hybridized carbons (Fsp3) is 0.375. The molecule has 5 nitrogen and oxygen atoms in total. The first-order chi connectivity index (χ1) is 10.2. The predicted molar refractivity (Wildman–Crippen MR) is 81.4 cm³/mol. The van der Waals surface area contributed by atoms with Gasteiger partial charge in [-0.05, 0) is 37.5 Å². The molecule has 0 unspecified atom stereocenters. The number of aryl methyl sites for hydroxylation is 1. The zero-order valence-electron chi connectivity index (χ0n) is 12.5. The second kappa shape index (κ2) is 5.60. The molecule has 0 amide bonds. The van der Waals surface area contributed by atoms with Crippen LogP contribution >= 0.6 is 0 Å². The molecule has 0 bridgehead atoms. The average molecular weight is 285 g/mol. The molecule has 0 saturated heterocycles. The molecule has 0 aliphatic heterocycles. The molecule has 1 aliphatic carbocycles. The van der Waals surface area contributed by atoms with Crippen LogP contribution in [0.1, 0.15) is 30.1 Å². The van der Waals surface area contributed by atoms with Gasteiger partial charge >= 0.3 is 0 Å². The number of anilines is 1. The normalized spacial score (nSPS) is 13.9. The van der Waals surface area contributed by atoms with Crippen molar-refractivity contribution < 1.29 is 9.47 Å². The molecule has 1 fully saturated rings. The van der Waals surface area contributed by atoms with Gasteiger partial charge in [-0.2, -0.15) is 4.98 Å². The molecule has 1 aromatic carbocycles. The lowest BCUT2D eigenvalue weighted by Gasteiger charge is -2.12. The SMILES string of the molecule is CNc1cc(Oc2ccc(C)cc2OC)nc(C2CC2)n1. The Kier molecular flexibility index (Phi) is 3.64. The Labute approximate surface area is 124 Å². The van der Waals surface area contributed by atoms with Gasteiger partial charge in [0.2, 0.25) is 5.88 Å². The second-order valence-corrected chi connectivity index (χ2v) is 5.23. The number of methoxy groups -OCH3 is 1. The Morgan fingerprint density at radius 1 is 1.14 bits per heavy atom. The predicted octanol–water partition coefficient (Wildman–Crippen LogP) is 3.51. The van der Waals surface area contributed by atoms with E-state index in [1.807, 2.05) is 32.2 Å². The largest absolute Gasteiger partial charge is 0.493 e. The first-order valence-corrected chi connectivity index (χ1v) is 7.09. The zero-order chi connectivity index (χ0) is 14.8. The summed E-state index contributed by atoms with van der Waals surface area (Å²) < 4.78 is 11.3. The third-order valence-corrected chi connectivity index (χ3v) is 3.45. The maximum absolute atomic E-state index is 5.90. The molecule has 0 radical (unpaired) electrons. The Morgan fingerprint density at radius 2 is 1.95 bits per heavy atom. The third kappa shape index (κ3) is 3.07. The first-order valence-electron chi connectivity index (χ1n) is 7.09. The summed E-state index contributed by atoms with van der Waals surface area (Å²) in [5.41, 5.74) is 1.12. The Hall–Kier alpha value is -2.30. The molecule has 0 atom stereocenters. The monoisotopic (exact) mass is 285 g/mol. The van der Waals surface area contributed by atoms with Crippen LogP contribution < -0.4 is 14.8 Å². The summed E-state index contributed by atoms with van der Waals surface area (Å²) in [4.78, 5) is 8.99. The lowest BCUT2D eigenvalue weighted by Crippen LogP contribution is -2.01. The van der Waals surface area contributed by atoms with Crippen LogP contribution in [0.5, 0.6) is 17.4 Å². The molecule has 1 aliphatic rings. The Balaban J connectivity index is 1.92. The van der Waals surface area contributed by atoms with E-state index in [9.17, 15) is 0 Å². The van der Waals surface area contributed by atoms with E-state index in [1.54, 1.807) is 13.2 Å². The van der Waals surface area contributed by atoms with Crippen molar-refractivity contribution in [2.75, 3.05) is 19.5 Å². The molecule has 0 spiro atoms.